The van der Waals surface area contributed by atoms with Gasteiger partial charge in [-0.25, -0.2) is 4.79 Å². The van der Waals surface area contributed by atoms with Gasteiger partial charge in [0.05, 0.1) is 55.7 Å². The quantitative estimate of drug-likeness (QED) is 0.0348. The first-order chi connectivity index (χ1) is 45.4. The van der Waals surface area contributed by atoms with Gasteiger partial charge in [-0.05, 0) is 99.0 Å². The van der Waals surface area contributed by atoms with Crippen molar-refractivity contribution in [1.29, 1.82) is 0 Å². The normalized spacial score (nSPS) is 18.7. The van der Waals surface area contributed by atoms with Gasteiger partial charge in [-0.2, -0.15) is 0 Å². The second kappa shape index (κ2) is 39.5. The molecule has 536 valence electrons. The molecule has 0 aliphatic carbocycles. The summed E-state index contributed by atoms with van der Waals surface area (Å²) in [6.45, 7) is 20.0. The lowest BCUT2D eigenvalue weighted by Crippen LogP contribution is -2.59. The summed E-state index contributed by atoms with van der Waals surface area (Å²) in [5, 5.41) is 19.8. The van der Waals surface area contributed by atoms with Crippen molar-refractivity contribution in [2.24, 2.45) is 47.2 Å². The van der Waals surface area contributed by atoms with E-state index in [1.807, 2.05) is 97.8 Å². The Kier molecular flexibility index (Phi) is 33.2. The molecule has 2 aliphatic heterocycles. The Bertz CT molecular complexity index is 2890. The number of methoxy groups -OCH3 is 3. The van der Waals surface area contributed by atoms with Gasteiger partial charge in [0.1, 0.15) is 24.2 Å². The van der Waals surface area contributed by atoms with Crippen molar-refractivity contribution in [3.63, 3.8) is 0 Å². The SMILES string of the molecule is CC[C@H](C)[C@@H]([C@@H](CC(=O)N1CCC[C@H]1[C@H](OC)[C@@H](C)C(=O)N[C@@H](Cc1ccccc1)C(=O)NCc1ccc(NC(=O)[C@H](CCCNC(N)=O)NC(=O)[C@@H](NC(=O)CCC(=O)N2CCC(C(=O)OC)C(C)C2)C(C)C)cc1)OC)N(C)C(=O)[C@@H](NC(=O)[C@H](C(C)C)N(C)C)C(C)C. The topological polar surface area (TPSA) is 339 Å². The third kappa shape index (κ3) is 23.8. The number of anilines is 1. The molecule has 13 atom stereocenters. The highest BCUT2D eigenvalue weighted by Crippen LogP contribution is 2.31. The average Bonchev–Trinajstić information content (AvgIpc) is 1.34. The molecule has 9 N–H and O–H groups in total. The number of nitrogens with zero attached hydrogens (tertiary/aromatic N) is 4. The summed E-state index contributed by atoms with van der Waals surface area (Å²) in [6.07, 6.45) is 0.911. The van der Waals surface area contributed by atoms with Crippen molar-refractivity contribution in [2.75, 3.05) is 74.0 Å². The number of esters is 1. The molecule has 2 unspecified atom stereocenters. The average molecular weight is 1350 g/mol. The van der Waals surface area contributed by atoms with Crippen LogP contribution < -0.4 is 43.0 Å². The Labute approximate surface area is 568 Å². The minimum Gasteiger partial charge on any atom is -0.469 e. The van der Waals surface area contributed by atoms with Gasteiger partial charge in [0.25, 0.3) is 0 Å². The van der Waals surface area contributed by atoms with E-state index in [4.69, 9.17) is 19.9 Å². The first-order valence-electron chi connectivity index (χ1n) is 34.0. The van der Waals surface area contributed by atoms with Crippen molar-refractivity contribution in [2.45, 2.75) is 194 Å². The number of ether oxygens (including phenoxy) is 3. The molecular weight excluding hydrogens is 1230 g/mol. The predicted octanol–water partition coefficient (Wildman–Crippen LogP) is 4.13. The van der Waals surface area contributed by atoms with Crippen LogP contribution in [-0.2, 0) is 75.1 Å². The van der Waals surface area contributed by atoms with Crippen LogP contribution in [-0.4, -0.2) is 208 Å². The summed E-state index contributed by atoms with van der Waals surface area (Å²) in [4.78, 5) is 156. The lowest BCUT2D eigenvalue weighted by Gasteiger charge is -2.41. The van der Waals surface area contributed by atoms with Gasteiger partial charge < -0.3 is 71.9 Å². The molecule has 2 aliphatic rings. The van der Waals surface area contributed by atoms with Gasteiger partial charge in [-0.1, -0.05) is 118 Å². The number of carbonyl (C=O) groups excluding carboxylic acids is 11. The molecule has 2 aromatic rings. The van der Waals surface area contributed by atoms with Crippen molar-refractivity contribution in [3.8, 4) is 0 Å². The first-order valence-corrected chi connectivity index (χ1v) is 34.0. The maximum atomic E-state index is 14.6. The number of benzene rings is 2. The van der Waals surface area contributed by atoms with Crippen LogP contribution in [0.2, 0.25) is 0 Å². The number of piperidine rings is 1. The zero-order valence-electron chi connectivity index (χ0n) is 59.6. The van der Waals surface area contributed by atoms with Crippen LogP contribution in [0.15, 0.2) is 54.6 Å². The zero-order valence-corrected chi connectivity index (χ0v) is 59.6. The Morgan fingerprint density at radius 1 is 0.667 bits per heavy atom. The molecule has 2 fully saturated rings. The molecule has 2 heterocycles. The van der Waals surface area contributed by atoms with E-state index in [1.165, 1.54) is 21.3 Å². The lowest BCUT2D eigenvalue weighted by atomic mass is 9.87. The molecule has 96 heavy (non-hydrogen) atoms. The molecule has 0 aromatic heterocycles. The summed E-state index contributed by atoms with van der Waals surface area (Å²) in [5.41, 5.74) is 7.07. The van der Waals surface area contributed by atoms with Crippen molar-refractivity contribution >= 4 is 70.9 Å². The van der Waals surface area contributed by atoms with E-state index < -0.39 is 102 Å². The molecule has 0 spiro atoms. The van der Waals surface area contributed by atoms with Gasteiger partial charge >= 0.3 is 12.0 Å². The first kappa shape index (κ1) is 80.7. The molecule has 2 saturated heterocycles. The number of carbonyl (C=O) groups is 11. The van der Waals surface area contributed by atoms with Crippen LogP contribution in [0.5, 0.6) is 0 Å². The smallest absolute Gasteiger partial charge is 0.312 e. The maximum absolute atomic E-state index is 14.6. The largest absolute Gasteiger partial charge is 0.469 e. The minimum atomic E-state index is -1.13. The van der Waals surface area contributed by atoms with Crippen LogP contribution in [0.3, 0.4) is 0 Å². The third-order valence-corrected chi connectivity index (χ3v) is 18.7. The van der Waals surface area contributed by atoms with Crippen LogP contribution >= 0.6 is 0 Å². The van der Waals surface area contributed by atoms with E-state index in [0.717, 1.165) is 5.56 Å². The van der Waals surface area contributed by atoms with Gasteiger partial charge in [0.2, 0.25) is 53.2 Å². The zero-order chi connectivity index (χ0) is 71.7. The Hall–Kier alpha value is -7.71. The fourth-order valence-corrected chi connectivity index (χ4v) is 13.1. The fourth-order valence-electron chi connectivity index (χ4n) is 13.1. The molecule has 0 saturated carbocycles. The van der Waals surface area contributed by atoms with E-state index in [1.54, 1.807) is 66.8 Å². The Morgan fingerprint density at radius 2 is 1.31 bits per heavy atom. The third-order valence-electron chi connectivity index (χ3n) is 18.7. The number of urea groups is 1. The van der Waals surface area contributed by atoms with E-state index >= 15 is 0 Å². The lowest BCUT2D eigenvalue weighted by molar-refractivity contribution is -0.151. The number of hydrogen-bond donors (Lipinski definition) is 8. The molecule has 2 aromatic carbocycles. The molecule has 11 amide bonds. The molecule has 26 heteroatoms. The Balaban J connectivity index is 1.43. The van der Waals surface area contributed by atoms with Gasteiger partial charge in [-0.15, -0.1) is 0 Å². The summed E-state index contributed by atoms with van der Waals surface area (Å²) < 4.78 is 17.1. The highest BCUT2D eigenvalue weighted by atomic mass is 16.5. The van der Waals surface area contributed by atoms with Crippen molar-refractivity contribution in [3.05, 3.63) is 65.7 Å². The summed E-state index contributed by atoms with van der Waals surface area (Å²) in [7, 11) is 9.73. The summed E-state index contributed by atoms with van der Waals surface area (Å²) in [6, 6.07) is 9.54. The number of likely N-dealkylation sites (N-methyl/N-ethyl adjacent to an activating group) is 2. The second-order valence-corrected chi connectivity index (χ2v) is 27.1. The molecule has 4 rings (SSSR count). The van der Waals surface area contributed by atoms with E-state index in [9.17, 15) is 52.7 Å². The highest BCUT2D eigenvalue weighted by Gasteiger charge is 2.44. The fraction of sp³-hybridized carbons (Fsp3) is 0.671. The van der Waals surface area contributed by atoms with Crippen molar-refractivity contribution in [1.82, 2.24) is 51.5 Å². The number of rotatable bonds is 37. The van der Waals surface area contributed by atoms with Crippen LogP contribution in [0.1, 0.15) is 138 Å². The summed E-state index contributed by atoms with van der Waals surface area (Å²) >= 11 is 0. The highest BCUT2D eigenvalue weighted by molar-refractivity contribution is 5.99. The monoisotopic (exact) mass is 1340 g/mol. The molecular formula is C70H112N12O14. The number of primary amides is 1. The number of likely N-dealkylation sites (tertiary alicyclic amines) is 2. The number of nitrogens with one attached hydrogen (secondary N) is 7. The van der Waals surface area contributed by atoms with E-state index in [0.29, 0.717) is 56.6 Å². The van der Waals surface area contributed by atoms with E-state index in [2.05, 4.69) is 37.2 Å². The Morgan fingerprint density at radius 3 is 1.88 bits per heavy atom. The second-order valence-electron chi connectivity index (χ2n) is 27.1. The standard InChI is InChI=1S/C70H112N12O14/c1-17-44(8)61(80(13)68(91)59(42(4)5)78-67(90)60(43(6)7)79(11)12)54(94-14)38-57(85)82-35-22-26-53(82)62(95-15)46(10)63(86)76-52(37-47-23-19-18-20-24-47)64(87)73-39-48-27-29-49(30-28-48)74-65(88)51(25-21-34-72-70(71)93)75-66(89)58(41(2)3)77-55(83)31-32-56(84)81-36-33-50(45(9)40-81)69(92)96-16/h18-20,23-24,27-30,41-46,50-54,58-62H,17,21-22,25-26,31-40H2,1-16H3,(H,73,87)(H,74,88)(H,75,89)(H,76,86)(H,77,83)(H,78,90)(H3,71,72,93)/t44-,45?,46+,50?,51-,52-,53-,54+,58-,59-,60-,61-,62+/m0/s1. The van der Waals surface area contributed by atoms with Crippen molar-refractivity contribution < 1.29 is 67.0 Å². The summed E-state index contributed by atoms with van der Waals surface area (Å²) in [5.74, 6) is -6.09. The molecule has 0 radical (unpaired) electrons. The molecule has 0 bridgehead atoms. The van der Waals surface area contributed by atoms with E-state index in [-0.39, 0.29) is 111 Å². The molecule has 26 nitrogen and oxygen atoms in total. The number of amides is 11. The predicted molar refractivity (Wildman–Crippen MR) is 365 cm³/mol. The van der Waals surface area contributed by atoms with Crippen LogP contribution in [0.4, 0.5) is 10.5 Å². The number of nitrogens with two attached hydrogens (primary N) is 1. The maximum Gasteiger partial charge on any atom is 0.312 e. The minimum absolute atomic E-state index is 0.00710. The van der Waals surface area contributed by atoms with Crippen LogP contribution in [0, 0.1) is 41.4 Å². The van der Waals surface area contributed by atoms with Gasteiger partial charge in [-0.3, -0.25) is 52.8 Å². The van der Waals surface area contributed by atoms with Gasteiger partial charge in [0, 0.05) is 78.9 Å². The number of hydrogen-bond acceptors (Lipinski definition) is 15. The van der Waals surface area contributed by atoms with Gasteiger partial charge in [0.15, 0.2) is 0 Å². The van der Waals surface area contributed by atoms with Crippen LogP contribution in [0.25, 0.3) is 0 Å².